The smallest absolute Gasteiger partial charge is 0.195 e. The van der Waals surface area contributed by atoms with Crippen molar-refractivity contribution in [2.24, 2.45) is 11.8 Å². The van der Waals surface area contributed by atoms with E-state index in [4.69, 9.17) is 12.2 Å². The van der Waals surface area contributed by atoms with Crippen LogP contribution in [0.3, 0.4) is 0 Å². The Balaban J connectivity index is 1.99. The minimum absolute atomic E-state index is 0.0268. The van der Waals surface area contributed by atoms with Gasteiger partial charge in [0.1, 0.15) is 6.61 Å². The summed E-state index contributed by atoms with van der Waals surface area (Å²) in [7, 11) is 0. The molecule has 0 radical (unpaired) electrons. The van der Waals surface area contributed by atoms with Gasteiger partial charge in [-0.1, -0.05) is 6.42 Å². The molecule has 3 unspecified atom stereocenters. The maximum absolute atomic E-state index is 9.21. The van der Waals surface area contributed by atoms with Crippen molar-refractivity contribution in [1.29, 1.82) is 0 Å². The number of fused-ring (bicyclic) bond motifs is 2. The van der Waals surface area contributed by atoms with E-state index < -0.39 is 0 Å². The molecular weight excluding hydrogens is 210 g/mol. The molecule has 2 saturated carbocycles. The summed E-state index contributed by atoms with van der Waals surface area (Å²) in [6, 6.07) is 0.483. The second-order valence-electron chi connectivity index (χ2n) is 4.72. The molecule has 82 valence electrons. The van der Waals surface area contributed by atoms with Crippen LogP contribution >= 0.6 is 12.2 Å². The van der Waals surface area contributed by atoms with Gasteiger partial charge in [-0.25, -0.2) is 0 Å². The highest BCUT2D eigenvalue weighted by molar-refractivity contribution is 7.71. The van der Waals surface area contributed by atoms with Crippen molar-refractivity contribution in [3.8, 4) is 0 Å². The number of aromatic nitrogens is 3. The highest BCUT2D eigenvalue weighted by Crippen LogP contribution is 2.50. The minimum Gasteiger partial charge on any atom is -0.388 e. The standard InChI is InChI=1S/C10H15N3OS/c14-5-9-11-12-10(15)13(9)8-4-6-1-2-7(8)3-6/h6-8,14H,1-5H2,(H,12,15). The van der Waals surface area contributed by atoms with E-state index in [1.807, 2.05) is 4.57 Å². The monoisotopic (exact) mass is 225 g/mol. The van der Waals surface area contributed by atoms with Gasteiger partial charge < -0.3 is 5.11 Å². The molecule has 2 N–H and O–H groups in total. The van der Waals surface area contributed by atoms with E-state index in [0.717, 1.165) is 11.8 Å². The van der Waals surface area contributed by atoms with Crippen molar-refractivity contribution in [2.75, 3.05) is 0 Å². The zero-order valence-electron chi connectivity index (χ0n) is 8.52. The number of aliphatic hydroxyl groups excluding tert-OH is 1. The van der Waals surface area contributed by atoms with Gasteiger partial charge in [-0.05, 0) is 43.3 Å². The molecule has 2 bridgehead atoms. The molecule has 2 fully saturated rings. The van der Waals surface area contributed by atoms with Crippen molar-refractivity contribution in [2.45, 2.75) is 38.3 Å². The van der Waals surface area contributed by atoms with Crippen LogP contribution in [0.4, 0.5) is 0 Å². The summed E-state index contributed by atoms with van der Waals surface area (Å²) in [5, 5.41) is 16.1. The molecule has 15 heavy (non-hydrogen) atoms. The maximum Gasteiger partial charge on any atom is 0.195 e. The largest absolute Gasteiger partial charge is 0.388 e. The molecule has 0 aromatic carbocycles. The summed E-state index contributed by atoms with van der Waals surface area (Å²) < 4.78 is 2.70. The summed E-state index contributed by atoms with van der Waals surface area (Å²) >= 11 is 5.23. The van der Waals surface area contributed by atoms with E-state index in [-0.39, 0.29) is 6.61 Å². The maximum atomic E-state index is 9.21. The zero-order chi connectivity index (χ0) is 10.4. The number of aliphatic hydroxyl groups is 1. The van der Waals surface area contributed by atoms with E-state index in [9.17, 15) is 5.11 Å². The summed E-state index contributed by atoms with van der Waals surface area (Å²) in [5.41, 5.74) is 0. The zero-order valence-corrected chi connectivity index (χ0v) is 9.33. The average Bonchev–Trinajstić information content (AvgIpc) is 2.90. The van der Waals surface area contributed by atoms with Crippen LogP contribution in [0.15, 0.2) is 0 Å². The number of rotatable bonds is 2. The number of hydrogen-bond acceptors (Lipinski definition) is 3. The van der Waals surface area contributed by atoms with E-state index in [1.165, 1.54) is 25.7 Å². The molecule has 3 atom stereocenters. The molecule has 0 spiro atoms. The predicted molar refractivity (Wildman–Crippen MR) is 57.8 cm³/mol. The number of hydrogen-bond donors (Lipinski definition) is 2. The second kappa shape index (κ2) is 3.42. The minimum atomic E-state index is -0.0268. The Labute approximate surface area is 93.3 Å². The van der Waals surface area contributed by atoms with E-state index in [2.05, 4.69) is 10.2 Å². The fourth-order valence-electron chi connectivity index (χ4n) is 3.32. The van der Waals surface area contributed by atoms with Crippen LogP contribution in [0.2, 0.25) is 0 Å². The molecule has 3 rings (SSSR count). The Morgan fingerprint density at radius 2 is 2.33 bits per heavy atom. The predicted octanol–water partition coefficient (Wildman–Crippen LogP) is 1.79. The first-order chi connectivity index (χ1) is 7.29. The highest BCUT2D eigenvalue weighted by Gasteiger charge is 2.41. The van der Waals surface area contributed by atoms with Crippen molar-refractivity contribution >= 4 is 12.2 Å². The fourth-order valence-corrected chi connectivity index (χ4v) is 3.60. The van der Waals surface area contributed by atoms with Crippen molar-refractivity contribution < 1.29 is 5.11 Å². The lowest BCUT2D eigenvalue weighted by Crippen LogP contribution is -2.18. The fraction of sp³-hybridized carbons (Fsp3) is 0.800. The normalized spacial score (nSPS) is 33.8. The number of nitrogens with one attached hydrogen (secondary N) is 1. The van der Waals surface area contributed by atoms with Gasteiger partial charge in [-0.3, -0.25) is 9.67 Å². The van der Waals surface area contributed by atoms with E-state index >= 15 is 0 Å². The number of nitrogens with zero attached hydrogens (tertiary/aromatic N) is 2. The summed E-state index contributed by atoms with van der Waals surface area (Å²) in [4.78, 5) is 0. The van der Waals surface area contributed by atoms with Gasteiger partial charge >= 0.3 is 0 Å². The van der Waals surface area contributed by atoms with Gasteiger partial charge in [0, 0.05) is 6.04 Å². The molecule has 2 aliphatic rings. The van der Waals surface area contributed by atoms with Crippen LogP contribution in [-0.4, -0.2) is 19.9 Å². The van der Waals surface area contributed by atoms with Crippen LogP contribution in [0.25, 0.3) is 0 Å². The molecule has 0 aliphatic heterocycles. The first-order valence-corrected chi connectivity index (χ1v) is 5.97. The SMILES string of the molecule is OCc1n[nH]c(=S)n1C1CC2CCC1C2. The number of H-pyrrole nitrogens is 1. The topological polar surface area (TPSA) is 53.8 Å². The molecule has 1 aromatic heterocycles. The van der Waals surface area contributed by atoms with Crippen LogP contribution in [-0.2, 0) is 6.61 Å². The van der Waals surface area contributed by atoms with Gasteiger partial charge in [0.25, 0.3) is 0 Å². The molecule has 0 amide bonds. The number of aromatic amines is 1. The van der Waals surface area contributed by atoms with Gasteiger partial charge in [-0.2, -0.15) is 5.10 Å². The Morgan fingerprint density at radius 3 is 2.93 bits per heavy atom. The lowest BCUT2D eigenvalue weighted by atomic mass is 9.95. The molecule has 4 nitrogen and oxygen atoms in total. The Morgan fingerprint density at radius 1 is 1.47 bits per heavy atom. The van der Waals surface area contributed by atoms with E-state index in [0.29, 0.717) is 16.6 Å². The molecule has 5 heteroatoms. The highest BCUT2D eigenvalue weighted by atomic mass is 32.1. The lowest BCUT2D eigenvalue weighted by molar-refractivity contribution is 0.245. The molecule has 1 aromatic rings. The average molecular weight is 225 g/mol. The van der Waals surface area contributed by atoms with Gasteiger partial charge in [0.05, 0.1) is 0 Å². The molecule has 2 aliphatic carbocycles. The van der Waals surface area contributed by atoms with Crippen LogP contribution < -0.4 is 0 Å². The van der Waals surface area contributed by atoms with Gasteiger partial charge in [0.15, 0.2) is 10.6 Å². The lowest BCUT2D eigenvalue weighted by Gasteiger charge is -2.23. The molecule has 0 saturated heterocycles. The third kappa shape index (κ3) is 1.37. The van der Waals surface area contributed by atoms with Crippen molar-refractivity contribution in [3.63, 3.8) is 0 Å². The third-order valence-electron chi connectivity index (χ3n) is 3.95. The van der Waals surface area contributed by atoms with E-state index in [1.54, 1.807) is 0 Å². The molecule has 1 heterocycles. The van der Waals surface area contributed by atoms with Crippen LogP contribution in [0.1, 0.15) is 37.5 Å². The Bertz CT molecular complexity index is 425. The van der Waals surface area contributed by atoms with Gasteiger partial charge in [-0.15, -0.1) is 0 Å². The molecular formula is C10H15N3OS. The second-order valence-corrected chi connectivity index (χ2v) is 5.10. The summed E-state index contributed by atoms with van der Waals surface area (Å²) in [6.07, 6.45) is 5.24. The van der Waals surface area contributed by atoms with Crippen LogP contribution in [0, 0.1) is 16.6 Å². The Hall–Kier alpha value is -0.680. The van der Waals surface area contributed by atoms with Crippen LogP contribution in [0.5, 0.6) is 0 Å². The summed E-state index contributed by atoms with van der Waals surface area (Å²) in [5.74, 6) is 2.32. The third-order valence-corrected chi connectivity index (χ3v) is 4.24. The van der Waals surface area contributed by atoms with Crippen molar-refractivity contribution in [3.05, 3.63) is 10.6 Å². The first-order valence-electron chi connectivity index (χ1n) is 5.56. The van der Waals surface area contributed by atoms with Crippen molar-refractivity contribution in [1.82, 2.24) is 14.8 Å². The van der Waals surface area contributed by atoms with Gasteiger partial charge in [0.2, 0.25) is 0 Å². The summed E-state index contributed by atoms with van der Waals surface area (Å²) in [6.45, 7) is -0.0268. The quantitative estimate of drug-likeness (QED) is 0.755. The first kappa shape index (κ1) is 9.54. The Kier molecular flexibility index (Phi) is 2.17.